The van der Waals surface area contributed by atoms with Gasteiger partial charge in [0.2, 0.25) is 0 Å². The average molecular weight is 312 g/mol. The van der Waals surface area contributed by atoms with Crippen LogP contribution in [0.5, 0.6) is 0 Å². The summed E-state index contributed by atoms with van der Waals surface area (Å²) in [6.07, 6.45) is 1.58. The summed E-state index contributed by atoms with van der Waals surface area (Å²) in [5.74, 6) is -0.227. The first-order chi connectivity index (χ1) is 8.19. The Morgan fingerprint density at radius 3 is 2.94 bits per heavy atom. The molecule has 17 heavy (non-hydrogen) atoms. The molecule has 2 rings (SSSR count). The molecule has 0 fully saturated rings. The van der Waals surface area contributed by atoms with Crippen LogP contribution in [0.2, 0.25) is 0 Å². The van der Waals surface area contributed by atoms with Gasteiger partial charge in [-0.3, -0.25) is 9.78 Å². The van der Waals surface area contributed by atoms with Gasteiger partial charge in [0.1, 0.15) is 5.69 Å². The Kier molecular flexibility index (Phi) is 3.88. The van der Waals surface area contributed by atoms with Crippen molar-refractivity contribution in [3.05, 3.63) is 45.5 Å². The number of rotatable bonds is 3. The maximum atomic E-state index is 11.9. The Labute approximate surface area is 111 Å². The number of hydrogen-bond acceptors (Lipinski definition) is 4. The van der Waals surface area contributed by atoms with E-state index >= 15 is 0 Å². The lowest BCUT2D eigenvalue weighted by Gasteiger charge is -2.03. The molecule has 2 aromatic rings. The van der Waals surface area contributed by atoms with Gasteiger partial charge < -0.3 is 11.1 Å². The molecule has 0 atom stereocenters. The summed E-state index contributed by atoms with van der Waals surface area (Å²) < 4.78 is 0.969. The summed E-state index contributed by atoms with van der Waals surface area (Å²) in [5, 5.41) is 3.56. The molecular formula is C11H10BrN3OS. The van der Waals surface area contributed by atoms with Crippen LogP contribution in [-0.2, 0) is 6.54 Å². The molecule has 88 valence electrons. The van der Waals surface area contributed by atoms with Gasteiger partial charge in [-0.15, -0.1) is 11.3 Å². The first kappa shape index (κ1) is 12.2. The topological polar surface area (TPSA) is 68.0 Å². The second-order valence-electron chi connectivity index (χ2n) is 3.31. The minimum absolute atomic E-state index is 0.227. The van der Waals surface area contributed by atoms with Crippen molar-refractivity contribution in [2.24, 2.45) is 5.73 Å². The maximum Gasteiger partial charge on any atom is 0.274 e. The molecule has 0 aliphatic heterocycles. The van der Waals surface area contributed by atoms with Crippen LogP contribution in [-0.4, -0.2) is 10.9 Å². The lowest BCUT2D eigenvalue weighted by Crippen LogP contribution is -2.13. The van der Waals surface area contributed by atoms with Gasteiger partial charge in [-0.05, 0) is 45.8 Å². The van der Waals surface area contributed by atoms with Crippen molar-refractivity contribution in [3.63, 3.8) is 0 Å². The van der Waals surface area contributed by atoms with Crippen LogP contribution in [0.25, 0.3) is 0 Å². The largest absolute Gasteiger partial charge is 0.326 e. The van der Waals surface area contributed by atoms with Crippen LogP contribution in [0.1, 0.15) is 16.1 Å². The van der Waals surface area contributed by atoms with Crippen LogP contribution in [0.15, 0.2) is 34.2 Å². The third kappa shape index (κ3) is 3.12. The van der Waals surface area contributed by atoms with E-state index in [2.05, 4.69) is 26.2 Å². The standard InChI is InChI=1S/C11H10BrN3OS/c12-9-1-2-10(17-9)15-11(16)8-5-7(6-13)3-4-14-8/h1-5H,6,13H2,(H,15,16). The third-order valence-corrected chi connectivity index (χ3v) is 3.64. The number of nitrogens with zero attached hydrogens (tertiary/aromatic N) is 1. The van der Waals surface area contributed by atoms with E-state index in [1.54, 1.807) is 18.3 Å². The van der Waals surface area contributed by atoms with Crippen LogP contribution < -0.4 is 11.1 Å². The van der Waals surface area contributed by atoms with E-state index in [1.807, 2.05) is 12.1 Å². The van der Waals surface area contributed by atoms with E-state index < -0.39 is 0 Å². The number of pyridine rings is 1. The minimum atomic E-state index is -0.227. The molecule has 4 nitrogen and oxygen atoms in total. The number of carbonyl (C=O) groups excluding carboxylic acids is 1. The molecule has 0 radical (unpaired) electrons. The number of carbonyl (C=O) groups is 1. The second-order valence-corrected chi connectivity index (χ2v) is 5.77. The predicted octanol–water partition coefficient (Wildman–Crippen LogP) is 2.62. The van der Waals surface area contributed by atoms with Gasteiger partial charge in [0.15, 0.2) is 0 Å². The number of anilines is 1. The molecule has 6 heteroatoms. The molecule has 3 N–H and O–H groups in total. The molecule has 0 aromatic carbocycles. The Bertz CT molecular complexity index is 541. The SMILES string of the molecule is NCc1ccnc(C(=O)Nc2ccc(Br)s2)c1. The van der Waals surface area contributed by atoms with Crippen LogP contribution in [0.3, 0.4) is 0 Å². The summed E-state index contributed by atoms with van der Waals surface area (Å²) >= 11 is 4.79. The highest BCUT2D eigenvalue weighted by Crippen LogP contribution is 2.26. The molecule has 0 saturated carbocycles. The van der Waals surface area contributed by atoms with Crippen molar-refractivity contribution in [2.75, 3.05) is 5.32 Å². The molecule has 0 aliphatic carbocycles. The average Bonchev–Trinajstić information content (AvgIpc) is 2.75. The van der Waals surface area contributed by atoms with Gasteiger partial charge in [-0.1, -0.05) is 0 Å². The first-order valence-electron chi connectivity index (χ1n) is 4.91. The van der Waals surface area contributed by atoms with Gasteiger partial charge in [0.25, 0.3) is 5.91 Å². The fraction of sp³-hybridized carbons (Fsp3) is 0.0909. The van der Waals surface area contributed by atoms with Crippen molar-refractivity contribution in [1.82, 2.24) is 4.98 Å². The van der Waals surface area contributed by atoms with E-state index in [0.29, 0.717) is 12.2 Å². The molecule has 0 spiro atoms. The zero-order valence-electron chi connectivity index (χ0n) is 8.81. The van der Waals surface area contributed by atoms with Crippen molar-refractivity contribution in [2.45, 2.75) is 6.54 Å². The number of aromatic nitrogens is 1. The van der Waals surface area contributed by atoms with Crippen molar-refractivity contribution >= 4 is 38.2 Å². The van der Waals surface area contributed by atoms with E-state index in [9.17, 15) is 4.79 Å². The lowest BCUT2D eigenvalue weighted by atomic mass is 10.2. The quantitative estimate of drug-likeness (QED) is 0.915. The molecular weight excluding hydrogens is 302 g/mol. The fourth-order valence-electron chi connectivity index (χ4n) is 1.28. The van der Waals surface area contributed by atoms with Crippen molar-refractivity contribution in [3.8, 4) is 0 Å². The lowest BCUT2D eigenvalue weighted by molar-refractivity contribution is 0.102. The number of hydrogen-bond donors (Lipinski definition) is 2. The Balaban J connectivity index is 2.14. The number of amides is 1. The highest BCUT2D eigenvalue weighted by atomic mass is 79.9. The molecule has 0 aliphatic rings. The van der Waals surface area contributed by atoms with E-state index in [1.165, 1.54) is 11.3 Å². The highest BCUT2D eigenvalue weighted by molar-refractivity contribution is 9.11. The highest BCUT2D eigenvalue weighted by Gasteiger charge is 2.09. The van der Waals surface area contributed by atoms with Gasteiger partial charge in [0, 0.05) is 12.7 Å². The fourth-order valence-corrected chi connectivity index (χ4v) is 2.56. The number of nitrogens with two attached hydrogens (primary N) is 1. The van der Waals surface area contributed by atoms with E-state index in [0.717, 1.165) is 14.4 Å². The number of nitrogens with one attached hydrogen (secondary N) is 1. The summed E-state index contributed by atoms with van der Waals surface area (Å²) in [6.45, 7) is 0.396. The first-order valence-corrected chi connectivity index (χ1v) is 6.51. The van der Waals surface area contributed by atoms with Crippen LogP contribution >= 0.6 is 27.3 Å². The third-order valence-electron chi connectivity index (χ3n) is 2.10. The second kappa shape index (κ2) is 5.39. The molecule has 2 heterocycles. The zero-order valence-corrected chi connectivity index (χ0v) is 11.2. The van der Waals surface area contributed by atoms with Crippen molar-refractivity contribution in [1.29, 1.82) is 0 Å². The minimum Gasteiger partial charge on any atom is -0.326 e. The Morgan fingerprint density at radius 1 is 1.47 bits per heavy atom. The maximum absolute atomic E-state index is 11.9. The summed E-state index contributed by atoms with van der Waals surface area (Å²) in [4.78, 5) is 15.9. The summed E-state index contributed by atoms with van der Waals surface area (Å²) in [7, 11) is 0. The molecule has 0 bridgehead atoms. The van der Waals surface area contributed by atoms with Crippen LogP contribution in [0, 0.1) is 0 Å². The molecule has 1 amide bonds. The molecule has 0 saturated heterocycles. The Hall–Kier alpha value is -1.24. The van der Waals surface area contributed by atoms with E-state index in [4.69, 9.17) is 5.73 Å². The van der Waals surface area contributed by atoms with Crippen LogP contribution in [0.4, 0.5) is 5.00 Å². The van der Waals surface area contributed by atoms with Gasteiger partial charge in [-0.2, -0.15) is 0 Å². The number of thiophene rings is 1. The van der Waals surface area contributed by atoms with E-state index in [-0.39, 0.29) is 5.91 Å². The van der Waals surface area contributed by atoms with Gasteiger partial charge in [-0.25, -0.2) is 0 Å². The smallest absolute Gasteiger partial charge is 0.274 e. The van der Waals surface area contributed by atoms with Gasteiger partial charge in [0.05, 0.1) is 8.79 Å². The monoisotopic (exact) mass is 311 g/mol. The van der Waals surface area contributed by atoms with Gasteiger partial charge >= 0.3 is 0 Å². The normalized spacial score (nSPS) is 10.2. The predicted molar refractivity (Wildman–Crippen MR) is 72.1 cm³/mol. The Morgan fingerprint density at radius 2 is 2.29 bits per heavy atom. The number of halogens is 1. The summed E-state index contributed by atoms with van der Waals surface area (Å²) in [6, 6.07) is 7.19. The molecule has 2 aromatic heterocycles. The van der Waals surface area contributed by atoms with Crippen molar-refractivity contribution < 1.29 is 4.79 Å². The molecule has 0 unspecified atom stereocenters. The summed E-state index contributed by atoms with van der Waals surface area (Å²) in [5.41, 5.74) is 6.77. The zero-order chi connectivity index (χ0) is 12.3.